The highest BCUT2D eigenvalue weighted by atomic mass is 16.5. The van der Waals surface area contributed by atoms with Crippen LogP contribution in [0.15, 0.2) is 12.1 Å². The number of hydrogen-bond acceptors (Lipinski definition) is 4. The van der Waals surface area contributed by atoms with E-state index in [1.54, 1.807) is 4.90 Å². The molecule has 0 aliphatic carbocycles. The van der Waals surface area contributed by atoms with Crippen molar-refractivity contribution in [3.8, 4) is 11.5 Å². The Morgan fingerprint density at radius 3 is 2.67 bits per heavy atom. The summed E-state index contributed by atoms with van der Waals surface area (Å²) in [6.07, 6.45) is 0.890. The van der Waals surface area contributed by atoms with Gasteiger partial charge in [0.15, 0.2) is 11.5 Å². The van der Waals surface area contributed by atoms with Crippen LogP contribution in [0.2, 0.25) is 0 Å². The highest BCUT2D eigenvalue weighted by molar-refractivity contribution is 5.83. The molecule has 0 N–H and O–H groups in total. The van der Waals surface area contributed by atoms with E-state index in [9.17, 15) is 4.79 Å². The molecule has 2 atom stereocenters. The van der Waals surface area contributed by atoms with Crippen LogP contribution in [-0.2, 0) is 11.2 Å². The molecule has 0 saturated carbocycles. The van der Waals surface area contributed by atoms with Gasteiger partial charge in [0, 0.05) is 34.2 Å². The topological polar surface area (TPSA) is 38.8 Å². The number of carbonyl (C=O) groups excluding carboxylic acids is 1. The van der Waals surface area contributed by atoms with Crippen molar-refractivity contribution in [2.45, 2.75) is 46.1 Å². The van der Waals surface area contributed by atoms with E-state index in [0.29, 0.717) is 30.5 Å². The highest BCUT2D eigenvalue weighted by Gasteiger charge is 2.39. The van der Waals surface area contributed by atoms with Gasteiger partial charge in [-0.05, 0) is 41.5 Å². The number of Topliss-reactive ketones (excluding diaryl/α,β-unsaturated/α-hetero) is 1. The quantitative estimate of drug-likeness (QED) is 0.843. The molecular formula is C20H29NO3. The number of rotatable bonds is 3. The molecule has 132 valence electrons. The summed E-state index contributed by atoms with van der Waals surface area (Å²) in [5.41, 5.74) is 1.01. The number of fused-ring (bicyclic) bond motifs is 3. The molecule has 2 aliphatic rings. The molecule has 24 heavy (non-hydrogen) atoms. The second-order valence-corrected chi connectivity index (χ2v) is 7.78. The van der Waals surface area contributed by atoms with Crippen molar-refractivity contribution >= 4 is 5.78 Å². The van der Waals surface area contributed by atoms with Gasteiger partial charge in [-0.25, -0.2) is 0 Å². The zero-order chi connectivity index (χ0) is 24.3. The van der Waals surface area contributed by atoms with E-state index < -0.39 is 32.5 Å². The minimum Gasteiger partial charge on any atom is -0.493 e. The average Bonchev–Trinajstić information content (AvgIpc) is 2.56. The second-order valence-electron chi connectivity index (χ2n) is 7.78. The zero-order valence-corrected chi connectivity index (χ0v) is 14.3. The van der Waals surface area contributed by atoms with Crippen LogP contribution in [-0.4, -0.2) is 37.8 Å². The van der Waals surface area contributed by atoms with Crippen LogP contribution in [0.3, 0.4) is 0 Å². The lowest BCUT2D eigenvalue weighted by atomic mass is 9.76. The molecule has 1 aromatic rings. The fourth-order valence-electron chi connectivity index (χ4n) is 3.62. The van der Waals surface area contributed by atoms with Crippen LogP contribution in [0.4, 0.5) is 0 Å². The number of ether oxygens (including phenoxy) is 2. The SMILES string of the molecule is [2H]C([2H])([2H])Oc1cc2c(cc1OC([2H])([2H])[2H])[C@@H]1CC(=O)[C@@H](CC(C)(C)C)C([2H])([2H])N1CC2. The molecule has 0 amide bonds. The summed E-state index contributed by atoms with van der Waals surface area (Å²) in [4.78, 5) is 14.7. The van der Waals surface area contributed by atoms with E-state index >= 15 is 0 Å². The molecule has 4 nitrogen and oxygen atoms in total. The molecule has 2 aliphatic heterocycles. The maximum absolute atomic E-state index is 13.0. The largest absolute Gasteiger partial charge is 0.493 e. The van der Waals surface area contributed by atoms with Crippen molar-refractivity contribution in [1.82, 2.24) is 4.90 Å². The first kappa shape index (κ1) is 9.81. The van der Waals surface area contributed by atoms with Crippen LogP contribution in [0, 0.1) is 11.3 Å². The molecule has 4 heteroatoms. The van der Waals surface area contributed by atoms with Crippen LogP contribution in [0.25, 0.3) is 0 Å². The monoisotopic (exact) mass is 339 g/mol. The number of benzene rings is 1. The van der Waals surface area contributed by atoms with Gasteiger partial charge in [-0.1, -0.05) is 20.8 Å². The number of nitrogens with zero attached hydrogens (tertiary/aromatic N) is 1. The smallest absolute Gasteiger partial charge is 0.161 e. The highest BCUT2D eigenvalue weighted by Crippen LogP contribution is 2.43. The summed E-state index contributed by atoms with van der Waals surface area (Å²) in [5.74, 6) is -1.44. The number of carbonyl (C=O) groups is 1. The molecule has 2 heterocycles. The van der Waals surface area contributed by atoms with E-state index in [2.05, 4.69) is 0 Å². The Hall–Kier alpha value is -1.55. The fourth-order valence-corrected chi connectivity index (χ4v) is 3.62. The van der Waals surface area contributed by atoms with Gasteiger partial charge in [0.1, 0.15) is 5.78 Å². The minimum absolute atomic E-state index is 0.0833. The first-order valence-electron chi connectivity index (χ1n) is 12.2. The van der Waals surface area contributed by atoms with Gasteiger partial charge >= 0.3 is 0 Å². The Kier molecular flexibility index (Phi) is 2.61. The molecule has 0 aromatic heterocycles. The molecular weight excluding hydrogens is 302 g/mol. The van der Waals surface area contributed by atoms with Crippen LogP contribution in [0.5, 0.6) is 11.5 Å². The van der Waals surface area contributed by atoms with E-state index in [1.165, 1.54) is 12.1 Å². The molecule has 0 unspecified atom stereocenters. The van der Waals surface area contributed by atoms with Gasteiger partial charge in [-0.2, -0.15) is 0 Å². The Bertz CT molecular complexity index is 889. The van der Waals surface area contributed by atoms with E-state index in [1.807, 2.05) is 20.8 Å². The van der Waals surface area contributed by atoms with Gasteiger partial charge in [0.05, 0.1) is 22.3 Å². The van der Waals surface area contributed by atoms with Gasteiger partial charge < -0.3 is 9.47 Å². The maximum atomic E-state index is 13.0. The number of ketones is 1. The average molecular weight is 340 g/mol. The third kappa shape index (κ3) is 3.30. The van der Waals surface area contributed by atoms with Gasteiger partial charge in [0.25, 0.3) is 0 Å². The summed E-state index contributed by atoms with van der Waals surface area (Å²) in [7, 11) is -5.65. The second kappa shape index (κ2) is 6.40. The molecule has 0 bridgehead atoms. The summed E-state index contributed by atoms with van der Waals surface area (Å²) in [6.45, 7) is 4.38. The van der Waals surface area contributed by atoms with Crippen molar-refractivity contribution in [3.05, 3.63) is 23.3 Å². The Balaban J connectivity index is 2.04. The van der Waals surface area contributed by atoms with E-state index in [0.717, 1.165) is 0 Å². The Labute approximate surface area is 156 Å². The third-order valence-electron chi connectivity index (χ3n) is 4.70. The lowest BCUT2D eigenvalue weighted by Gasteiger charge is -2.44. The number of methoxy groups -OCH3 is 2. The summed E-state index contributed by atoms with van der Waals surface area (Å²) >= 11 is 0. The molecule has 3 rings (SSSR count). The summed E-state index contributed by atoms with van der Waals surface area (Å²) < 4.78 is 71.9. The van der Waals surface area contributed by atoms with Crippen molar-refractivity contribution in [3.63, 3.8) is 0 Å². The maximum Gasteiger partial charge on any atom is 0.161 e. The van der Waals surface area contributed by atoms with Crippen molar-refractivity contribution in [2.24, 2.45) is 11.3 Å². The number of piperidine rings is 1. The molecule has 1 aromatic carbocycles. The first-order chi connectivity index (χ1) is 14.4. The molecule has 1 fully saturated rings. The molecule has 0 radical (unpaired) electrons. The predicted octanol–water partition coefficient (Wildman–Crippen LogP) is 3.63. The first-order valence-corrected chi connectivity index (χ1v) is 8.22. The molecule has 0 spiro atoms. The normalized spacial score (nSPS) is 32.4. The summed E-state index contributed by atoms with van der Waals surface area (Å²) in [5, 5.41) is 0. The summed E-state index contributed by atoms with van der Waals surface area (Å²) in [6, 6.07) is 2.22. The molecule has 1 saturated heterocycles. The lowest BCUT2D eigenvalue weighted by molar-refractivity contribution is -0.130. The van der Waals surface area contributed by atoms with Crippen LogP contribution >= 0.6 is 0 Å². The van der Waals surface area contributed by atoms with Crippen molar-refractivity contribution in [1.29, 1.82) is 0 Å². The van der Waals surface area contributed by atoms with E-state index in [4.69, 9.17) is 20.4 Å². The number of hydrogen-bond donors (Lipinski definition) is 0. The van der Waals surface area contributed by atoms with Gasteiger partial charge in [-0.15, -0.1) is 0 Å². The lowest BCUT2D eigenvalue weighted by Crippen LogP contribution is -2.47. The van der Waals surface area contributed by atoms with Crippen LogP contribution in [0.1, 0.15) is 61.7 Å². The van der Waals surface area contributed by atoms with Gasteiger partial charge in [0.2, 0.25) is 0 Å². The van der Waals surface area contributed by atoms with Gasteiger partial charge in [-0.3, -0.25) is 9.69 Å². The van der Waals surface area contributed by atoms with Crippen molar-refractivity contribution < 1.29 is 25.2 Å². The fraction of sp³-hybridized carbons (Fsp3) is 0.650. The van der Waals surface area contributed by atoms with Crippen LogP contribution < -0.4 is 9.47 Å². The zero-order valence-electron chi connectivity index (χ0n) is 22.3. The Morgan fingerprint density at radius 2 is 2.00 bits per heavy atom. The van der Waals surface area contributed by atoms with E-state index in [-0.39, 0.29) is 29.1 Å². The Morgan fingerprint density at radius 1 is 1.29 bits per heavy atom. The standard InChI is InChI=1S/C20H29NO3/c1-20(2,3)11-14-12-21-7-6-13-8-18(23-4)19(24-5)9-15(13)16(21)10-17(14)22/h8-9,14,16H,6-7,10-12H2,1-5H3/t14-,16-/m0/s1/i4D3,5D3,12D2. The van der Waals surface area contributed by atoms with Crippen molar-refractivity contribution in [2.75, 3.05) is 27.1 Å². The minimum atomic E-state index is -2.84. The third-order valence-corrected chi connectivity index (χ3v) is 4.70. The predicted molar refractivity (Wildman–Crippen MR) is 94.8 cm³/mol.